The number of hydrogen-bond acceptors (Lipinski definition) is 4. The van der Waals surface area contributed by atoms with Crippen molar-refractivity contribution in [3.63, 3.8) is 0 Å². The van der Waals surface area contributed by atoms with Gasteiger partial charge in [0.15, 0.2) is 0 Å². The highest BCUT2D eigenvalue weighted by Crippen LogP contribution is 2.17. The van der Waals surface area contributed by atoms with E-state index in [4.69, 9.17) is 5.73 Å². The summed E-state index contributed by atoms with van der Waals surface area (Å²) in [4.78, 5) is 0. The predicted molar refractivity (Wildman–Crippen MR) is 66.2 cm³/mol. The number of sulfonamides is 1. The van der Waals surface area contributed by atoms with E-state index in [1.165, 1.54) is 0 Å². The first-order valence-corrected chi connectivity index (χ1v) is 6.27. The van der Waals surface area contributed by atoms with Crippen molar-refractivity contribution in [2.75, 3.05) is 17.5 Å². The van der Waals surface area contributed by atoms with Gasteiger partial charge in [-0.05, 0) is 17.7 Å². The number of aliphatic hydroxyl groups excluding tert-OH is 1. The molecule has 92 valence electrons. The molecule has 16 heavy (non-hydrogen) atoms. The molecular formula is C9H15ClN2O3S. The molecule has 4 N–H and O–H groups in total. The monoisotopic (exact) mass is 266 g/mol. The van der Waals surface area contributed by atoms with E-state index in [1.807, 2.05) is 0 Å². The largest absolute Gasteiger partial charge is 0.387 e. The van der Waals surface area contributed by atoms with Crippen molar-refractivity contribution in [2.24, 2.45) is 5.73 Å². The molecule has 0 amide bonds. The summed E-state index contributed by atoms with van der Waals surface area (Å²) in [6.45, 7) is 0.0995. The molecule has 1 aromatic carbocycles. The highest BCUT2D eigenvalue weighted by Gasteiger charge is 2.07. The quantitative estimate of drug-likeness (QED) is 0.739. The summed E-state index contributed by atoms with van der Waals surface area (Å²) in [7, 11) is -3.29. The van der Waals surface area contributed by atoms with Gasteiger partial charge in [0.1, 0.15) is 0 Å². The minimum absolute atomic E-state index is 0. The number of benzene rings is 1. The van der Waals surface area contributed by atoms with Gasteiger partial charge in [0, 0.05) is 12.2 Å². The molecule has 1 atom stereocenters. The molecule has 0 aliphatic carbocycles. The number of rotatable bonds is 4. The van der Waals surface area contributed by atoms with E-state index < -0.39 is 16.1 Å². The molecule has 0 bridgehead atoms. The highest BCUT2D eigenvalue weighted by molar-refractivity contribution is 7.92. The number of aliphatic hydroxyl groups is 1. The predicted octanol–water partition coefficient (Wildman–Crippen LogP) is 0.472. The summed E-state index contributed by atoms with van der Waals surface area (Å²) in [5.41, 5.74) is 6.30. The van der Waals surface area contributed by atoms with Crippen LogP contribution in [-0.2, 0) is 10.0 Å². The normalized spacial score (nSPS) is 12.7. The second kappa shape index (κ2) is 6.05. The fourth-order valence-corrected chi connectivity index (χ4v) is 1.71. The van der Waals surface area contributed by atoms with Crippen LogP contribution in [0.5, 0.6) is 0 Å². The molecule has 1 aromatic rings. The Morgan fingerprint density at radius 3 is 2.62 bits per heavy atom. The fourth-order valence-electron chi connectivity index (χ4n) is 1.16. The maximum absolute atomic E-state index is 11.0. The zero-order valence-electron chi connectivity index (χ0n) is 8.75. The third-order valence-electron chi connectivity index (χ3n) is 1.80. The van der Waals surface area contributed by atoms with Gasteiger partial charge >= 0.3 is 0 Å². The van der Waals surface area contributed by atoms with Gasteiger partial charge in [0.2, 0.25) is 10.0 Å². The van der Waals surface area contributed by atoms with Gasteiger partial charge in [0.05, 0.1) is 12.4 Å². The van der Waals surface area contributed by atoms with Gasteiger partial charge in [-0.1, -0.05) is 12.1 Å². The van der Waals surface area contributed by atoms with E-state index in [9.17, 15) is 13.5 Å². The molecule has 0 saturated carbocycles. The number of nitrogens with two attached hydrogens (primary N) is 1. The molecule has 0 aromatic heterocycles. The van der Waals surface area contributed by atoms with Crippen molar-refractivity contribution >= 4 is 28.1 Å². The van der Waals surface area contributed by atoms with Crippen molar-refractivity contribution in [1.29, 1.82) is 0 Å². The number of anilines is 1. The van der Waals surface area contributed by atoms with Crippen LogP contribution in [0.4, 0.5) is 5.69 Å². The Kier molecular flexibility index (Phi) is 5.74. The SMILES string of the molecule is CS(=O)(=O)Nc1cccc(C(O)CN)c1.Cl. The van der Waals surface area contributed by atoms with Crippen molar-refractivity contribution in [2.45, 2.75) is 6.10 Å². The van der Waals surface area contributed by atoms with Gasteiger partial charge in [-0.25, -0.2) is 8.42 Å². The summed E-state index contributed by atoms with van der Waals surface area (Å²) < 4.78 is 24.2. The summed E-state index contributed by atoms with van der Waals surface area (Å²) in [6, 6.07) is 6.50. The van der Waals surface area contributed by atoms with Gasteiger partial charge < -0.3 is 10.8 Å². The van der Waals surface area contributed by atoms with E-state index >= 15 is 0 Å². The van der Waals surface area contributed by atoms with Gasteiger partial charge in [-0.3, -0.25) is 4.72 Å². The highest BCUT2D eigenvalue weighted by atomic mass is 35.5. The van der Waals surface area contributed by atoms with Gasteiger partial charge in [0.25, 0.3) is 0 Å². The topological polar surface area (TPSA) is 92.4 Å². The molecule has 0 heterocycles. The zero-order valence-corrected chi connectivity index (χ0v) is 10.4. The molecule has 0 saturated heterocycles. The Labute approximate surface area is 101 Å². The molecular weight excluding hydrogens is 252 g/mol. The smallest absolute Gasteiger partial charge is 0.229 e. The van der Waals surface area contributed by atoms with Crippen LogP contribution in [0.1, 0.15) is 11.7 Å². The lowest BCUT2D eigenvalue weighted by Gasteiger charge is -2.10. The molecule has 0 aliphatic rings. The number of halogens is 1. The van der Waals surface area contributed by atoms with Crippen LogP contribution in [0.25, 0.3) is 0 Å². The van der Waals surface area contributed by atoms with E-state index in [-0.39, 0.29) is 19.0 Å². The molecule has 7 heteroatoms. The Morgan fingerprint density at radius 2 is 2.12 bits per heavy atom. The molecule has 1 rings (SSSR count). The Bertz CT molecular complexity index is 436. The third-order valence-corrected chi connectivity index (χ3v) is 2.40. The summed E-state index contributed by atoms with van der Waals surface area (Å²) >= 11 is 0. The summed E-state index contributed by atoms with van der Waals surface area (Å²) in [5, 5.41) is 9.45. The van der Waals surface area contributed by atoms with Gasteiger partial charge in [-0.15, -0.1) is 12.4 Å². The van der Waals surface area contributed by atoms with Crippen LogP contribution in [0.15, 0.2) is 24.3 Å². The minimum Gasteiger partial charge on any atom is -0.387 e. The van der Waals surface area contributed by atoms with E-state index in [2.05, 4.69) is 4.72 Å². The molecule has 5 nitrogen and oxygen atoms in total. The van der Waals surface area contributed by atoms with Crippen molar-refractivity contribution in [3.8, 4) is 0 Å². The zero-order chi connectivity index (χ0) is 11.5. The summed E-state index contributed by atoms with van der Waals surface area (Å²) in [5.74, 6) is 0. The molecule has 0 radical (unpaired) electrons. The Hall–Kier alpha value is -0.820. The minimum atomic E-state index is -3.29. The van der Waals surface area contributed by atoms with Crippen LogP contribution in [0, 0.1) is 0 Å². The Balaban J connectivity index is 0.00000225. The van der Waals surface area contributed by atoms with E-state index in [0.29, 0.717) is 11.3 Å². The molecule has 1 unspecified atom stereocenters. The van der Waals surface area contributed by atoms with Crippen LogP contribution in [0.3, 0.4) is 0 Å². The van der Waals surface area contributed by atoms with Crippen LogP contribution in [0.2, 0.25) is 0 Å². The average Bonchev–Trinajstić information content (AvgIpc) is 2.14. The van der Waals surface area contributed by atoms with Gasteiger partial charge in [-0.2, -0.15) is 0 Å². The van der Waals surface area contributed by atoms with E-state index in [1.54, 1.807) is 24.3 Å². The molecule has 0 fully saturated rings. The average molecular weight is 267 g/mol. The first kappa shape index (κ1) is 15.2. The molecule has 0 aliphatic heterocycles. The van der Waals surface area contributed by atoms with Crippen LogP contribution in [-0.4, -0.2) is 26.3 Å². The summed E-state index contributed by atoms with van der Waals surface area (Å²) in [6.07, 6.45) is 0.297. The van der Waals surface area contributed by atoms with Crippen molar-refractivity contribution < 1.29 is 13.5 Å². The lowest BCUT2D eigenvalue weighted by atomic mass is 10.1. The van der Waals surface area contributed by atoms with Crippen molar-refractivity contribution in [1.82, 2.24) is 0 Å². The third kappa shape index (κ3) is 4.80. The first-order valence-electron chi connectivity index (χ1n) is 4.38. The standard InChI is InChI=1S/C9H14N2O3S.ClH/c1-15(13,14)11-8-4-2-3-7(5-8)9(12)6-10;/h2-5,9,11-12H,6,10H2,1H3;1H. The fraction of sp³-hybridized carbons (Fsp3) is 0.333. The number of hydrogen-bond donors (Lipinski definition) is 3. The molecule has 0 spiro atoms. The Morgan fingerprint density at radius 1 is 1.50 bits per heavy atom. The van der Waals surface area contributed by atoms with Crippen LogP contribution >= 0.6 is 12.4 Å². The first-order chi connectivity index (χ1) is 6.92. The lowest BCUT2D eigenvalue weighted by Crippen LogP contribution is -2.13. The van der Waals surface area contributed by atoms with Crippen molar-refractivity contribution in [3.05, 3.63) is 29.8 Å². The second-order valence-corrected chi connectivity index (χ2v) is 5.00. The maximum Gasteiger partial charge on any atom is 0.229 e. The lowest BCUT2D eigenvalue weighted by molar-refractivity contribution is 0.187. The second-order valence-electron chi connectivity index (χ2n) is 3.25. The van der Waals surface area contributed by atoms with E-state index in [0.717, 1.165) is 6.26 Å². The van der Waals surface area contributed by atoms with Crippen LogP contribution < -0.4 is 10.5 Å². The maximum atomic E-state index is 11.0. The number of nitrogens with one attached hydrogen (secondary N) is 1.